The summed E-state index contributed by atoms with van der Waals surface area (Å²) in [6.07, 6.45) is 2.46. The van der Waals surface area contributed by atoms with E-state index in [4.69, 9.17) is 69.7 Å². The number of hydrogen-bond donors (Lipinski definition) is 0. The number of halogens is 7. The molecule has 0 amide bonds. The zero-order valence-corrected chi connectivity index (χ0v) is 21.8. The van der Waals surface area contributed by atoms with E-state index < -0.39 is 9.14 Å². The van der Waals surface area contributed by atoms with E-state index in [1.165, 1.54) is 12.8 Å². The van der Waals surface area contributed by atoms with E-state index in [0.29, 0.717) is 11.3 Å². The molecule has 1 saturated carbocycles. The van der Waals surface area contributed by atoms with Gasteiger partial charge in [0.05, 0.1) is 5.92 Å². The Hall–Kier alpha value is 1.67. The van der Waals surface area contributed by atoms with Gasteiger partial charge in [-0.1, -0.05) is 30.1 Å². The number of fused-ring (bicyclic) bond motifs is 1. The first kappa shape index (κ1) is 23.0. The second-order valence-electron chi connectivity index (χ2n) is 7.72. The van der Waals surface area contributed by atoms with Gasteiger partial charge in [-0.25, -0.2) is 0 Å². The molecule has 3 rings (SSSR count). The van der Waals surface area contributed by atoms with Crippen molar-refractivity contribution < 1.29 is 4.70 Å². The van der Waals surface area contributed by atoms with Gasteiger partial charge in [0, 0.05) is 17.2 Å². The predicted octanol–water partition coefficient (Wildman–Crippen LogP) is 8.40. The van der Waals surface area contributed by atoms with E-state index in [0.717, 1.165) is 17.3 Å². The first-order valence-corrected chi connectivity index (χ1v) is 27.4. The van der Waals surface area contributed by atoms with Gasteiger partial charge in [0.15, 0.2) is 6.54 Å². The maximum atomic E-state index is 5.93. The molecule has 0 aromatic heterocycles. The first-order chi connectivity index (χ1) is 10.8. The van der Waals surface area contributed by atoms with Gasteiger partial charge in [-0.3, -0.25) is 0 Å². The summed E-state index contributed by atoms with van der Waals surface area (Å²) in [5, 5.41) is 5.75. The van der Waals surface area contributed by atoms with Gasteiger partial charge in [0.2, 0.25) is 5.69 Å². The molecule has 2 nitrogen and oxygen atoms in total. The number of azo groups is 2. The van der Waals surface area contributed by atoms with Crippen molar-refractivity contribution in [3.8, 4) is 0 Å². The summed E-state index contributed by atoms with van der Waals surface area (Å²) in [6, 6.07) is 7.99. The molecule has 1 fully saturated rings. The Kier molecular flexibility index (Phi) is 6.05. The number of hydrogen-bond acceptors (Lipinski definition) is 1. The molecule has 144 valence electrons. The van der Waals surface area contributed by atoms with Crippen LogP contribution in [0.1, 0.15) is 33.6 Å². The van der Waals surface area contributed by atoms with Crippen LogP contribution in [-0.2, 0) is 0 Å². The fourth-order valence-corrected chi connectivity index (χ4v) is 3.88. The topological polar surface area (TPSA) is 15.4 Å². The van der Waals surface area contributed by atoms with Crippen molar-refractivity contribution in [1.29, 1.82) is 0 Å². The van der Waals surface area contributed by atoms with Gasteiger partial charge in [0.25, 0.3) is 0 Å². The Morgan fingerprint density at radius 1 is 1.00 bits per heavy atom. The van der Waals surface area contributed by atoms with E-state index in [1.807, 2.05) is 12.1 Å². The SMILES string of the molecule is CC1(C)C[C@H]2C[N+](c3ccc(Cl)cc3)=N[C@@]2(C)C1.[Cl][Sb-]([Cl])([Cl])([Cl])([Cl])[Cl]. The van der Waals surface area contributed by atoms with E-state index in [-0.39, 0.29) is 5.54 Å². The molecule has 0 bridgehead atoms. The fraction of sp³-hybridized carbons (Fsp3) is 0.600. The van der Waals surface area contributed by atoms with Crippen molar-refractivity contribution in [1.82, 2.24) is 0 Å². The van der Waals surface area contributed by atoms with Crippen LogP contribution in [0.4, 0.5) is 5.69 Å². The molecule has 0 spiro atoms. The van der Waals surface area contributed by atoms with Crippen LogP contribution in [0.25, 0.3) is 0 Å². The molecule has 1 aromatic carbocycles. The fourth-order valence-electron chi connectivity index (χ4n) is 3.75. The summed E-state index contributed by atoms with van der Waals surface area (Å²) in [6.45, 7) is 8.07. The van der Waals surface area contributed by atoms with Crippen LogP contribution in [0.3, 0.4) is 0 Å². The van der Waals surface area contributed by atoms with Gasteiger partial charge < -0.3 is 0 Å². The van der Waals surface area contributed by atoms with E-state index >= 15 is 0 Å². The van der Waals surface area contributed by atoms with Crippen LogP contribution in [0.2, 0.25) is 5.02 Å². The molecule has 25 heavy (non-hydrogen) atoms. The van der Waals surface area contributed by atoms with Crippen LogP contribution in [0.15, 0.2) is 29.4 Å². The average molecular weight is 598 g/mol. The van der Waals surface area contributed by atoms with Crippen LogP contribution in [0.5, 0.6) is 0 Å². The monoisotopic (exact) mass is 594 g/mol. The Morgan fingerprint density at radius 2 is 1.48 bits per heavy atom. The summed E-state index contributed by atoms with van der Waals surface area (Å²) in [5.41, 5.74) is 1.73. The van der Waals surface area contributed by atoms with Crippen molar-refractivity contribution in [2.24, 2.45) is 16.4 Å². The molecule has 1 aliphatic carbocycles. The average Bonchev–Trinajstić information content (AvgIpc) is 2.72. The Balaban J connectivity index is 0.000000277. The molecule has 0 N–H and O–H groups in total. The van der Waals surface area contributed by atoms with Crippen molar-refractivity contribution in [3.63, 3.8) is 0 Å². The molecule has 0 unspecified atom stereocenters. The normalized spacial score (nSPS) is 30.5. The molecular weight excluding hydrogens is 578 g/mol. The van der Waals surface area contributed by atoms with Crippen LogP contribution < -0.4 is 0 Å². The van der Waals surface area contributed by atoms with Crippen LogP contribution in [-0.4, -0.2) is 25.9 Å². The van der Waals surface area contributed by atoms with E-state index in [2.05, 4.69) is 37.6 Å². The Morgan fingerprint density at radius 3 is 1.92 bits per heavy atom. The quantitative estimate of drug-likeness (QED) is 0.228. The van der Waals surface area contributed by atoms with Gasteiger partial charge in [0.1, 0.15) is 5.54 Å². The van der Waals surface area contributed by atoms with E-state index in [9.17, 15) is 0 Å². The molecule has 1 aromatic rings. The third-order valence-corrected chi connectivity index (χ3v) is 4.63. The summed E-state index contributed by atoms with van der Waals surface area (Å²) in [4.78, 5) is 0. The number of rotatable bonds is 1. The van der Waals surface area contributed by atoms with Crippen LogP contribution in [0, 0.1) is 11.3 Å². The summed E-state index contributed by atoms with van der Waals surface area (Å²) in [7, 11) is 25.0. The zero-order chi connectivity index (χ0) is 19.4. The number of nitrogens with zero attached hydrogens (tertiary/aromatic N) is 2. The second-order valence-corrected chi connectivity index (χ2v) is 65.1. The third-order valence-electron chi connectivity index (χ3n) is 4.38. The Bertz CT molecular complexity index is 683. The predicted molar refractivity (Wildman–Crippen MR) is 114 cm³/mol. The summed E-state index contributed by atoms with van der Waals surface area (Å²) in [5.74, 6) is 0.683. The van der Waals surface area contributed by atoms with E-state index in [1.54, 1.807) is 0 Å². The number of benzene rings is 1. The third kappa shape index (κ3) is 8.28. The van der Waals surface area contributed by atoms with Crippen LogP contribution >= 0.6 is 64.6 Å². The zero-order valence-electron chi connectivity index (χ0n) is 14.0. The summed E-state index contributed by atoms with van der Waals surface area (Å²) >= 11 is 5.93. The first-order valence-electron chi connectivity index (χ1n) is 7.65. The molecular formula is C15H20Cl7N2Sb. The molecule has 10 heteroatoms. The molecule has 1 heterocycles. The van der Waals surface area contributed by atoms with Gasteiger partial charge in [-0.05, 0) is 42.4 Å². The van der Waals surface area contributed by atoms with Gasteiger partial charge >= 0.3 is 62.1 Å². The van der Waals surface area contributed by atoms with Crippen molar-refractivity contribution in [3.05, 3.63) is 29.3 Å². The maximum absolute atomic E-state index is 5.93. The van der Waals surface area contributed by atoms with Gasteiger partial charge in [-0.15, -0.1) is 0 Å². The molecule has 0 saturated heterocycles. The summed E-state index contributed by atoms with van der Waals surface area (Å²) < 4.78 is 2.16. The Labute approximate surface area is 173 Å². The second kappa shape index (κ2) is 6.59. The van der Waals surface area contributed by atoms with Crippen molar-refractivity contribution in [2.45, 2.75) is 39.2 Å². The van der Waals surface area contributed by atoms with Crippen molar-refractivity contribution >= 4 is 79.4 Å². The van der Waals surface area contributed by atoms with Crippen molar-refractivity contribution in [2.75, 3.05) is 6.54 Å². The molecule has 2 aliphatic rings. The molecule has 0 radical (unpaired) electrons. The standard InChI is InChI=1S/C15H20ClN2.6ClH.Sb/c1-14(2)8-11-9-18(17-15(11,3)10-14)13-6-4-12(16)5-7-13;;;;;;;/h4-7,11H,8-10H2,1-3H3;6*1H;/q+1;;;;;;;+5/p-6/t11-,15-;;;;;;;/m0......./s1. The molecule has 1 aliphatic heterocycles. The minimum atomic E-state index is -5.42. The van der Waals surface area contributed by atoms with Gasteiger partial charge in [-0.2, -0.15) is 0 Å². The minimum absolute atomic E-state index is 0.128. The molecule has 2 atom stereocenters.